The summed E-state index contributed by atoms with van der Waals surface area (Å²) in [5.74, 6) is 0.767. The molecule has 4 aromatic rings. The van der Waals surface area contributed by atoms with Crippen molar-refractivity contribution in [2.24, 2.45) is 0 Å². The van der Waals surface area contributed by atoms with Crippen LogP contribution in [0, 0.1) is 0 Å². The van der Waals surface area contributed by atoms with E-state index in [0.717, 1.165) is 42.8 Å². The lowest BCUT2D eigenvalue weighted by Crippen LogP contribution is -2.31. The minimum Gasteiger partial charge on any atom is -0.502 e. The molecular formula is C26H26N2O3. The number of pyridine rings is 1. The highest BCUT2D eigenvalue weighted by atomic mass is 16.5. The Balaban J connectivity index is 1.85. The quantitative estimate of drug-likeness (QED) is 0.468. The maximum absolute atomic E-state index is 10.4. The van der Waals surface area contributed by atoms with Gasteiger partial charge in [0.2, 0.25) is 5.75 Å². The topological polar surface area (TPSA) is 54.8 Å². The summed E-state index contributed by atoms with van der Waals surface area (Å²) >= 11 is 0. The molecule has 3 aromatic carbocycles. The fourth-order valence-electron chi connectivity index (χ4n) is 4.71. The van der Waals surface area contributed by atoms with Gasteiger partial charge in [-0.05, 0) is 53.1 Å². The molecule has 0 atom stereocenters. The van der Waals surface area contributed by atoms with Crippen molar-refractivity contribution in [3.8, 4) is 28.5 Å². The molecule has 5 heteroatoms. The number of hydrogen-bond donors (Lipinski definition) is 1. The molecule has 0 spiro atoms. The number of hydrogen-bond acceptors (Lipinski definition) is 5. The van der Waals surface area contributed by atoms with Gasteiger partial charge in [0.15, 0.2) is 11.5 Å². The molecule has 5 nitrogen and oxygen atoms in total. The number of fused-ring (bicyclic) bond motifs is 5. The minimum absolute atomic E-state index is 0.00425. The van der Waals surface area contributed by atoms with Gasteiger partial charge in [-0.1, -0.05) is 37.3 Å². The number of phenolic OH excluding ortho intramolecular Hbond substituents is 1. The first-order valence-corrected chi connectivity index (χ1v) is 10.7. The molecular weight excluding hydrogens is 388 g/mol. The van der Waals surface area contributed by atoms with Gasteiger partial charge in [-0.25, -0.2) is 4.98 Å². The molecule has 1 aliphatic heterocycles. The van der Waals surface area contributed by atoms with Crippen LogP contribution in [-0.2, 0) is 13.0 Å². The minimum atomic E-state index is 0.00425. The Hall–Kier alpha value is -3.31. The predicted octanol–water partition coefficient (Wildman–Crippen LogP) is 5.16. The zero-order valence-corrected chi connectivity index (χ0v) is 18.1. The van der Waals surface area contributed by atoms with Crippen LogP contribution in [0.25, 0.3) is 32.9 Å². The van der Waals surface area contributed by atoms with Crippen LogP contribution in [0.5, 0.6) is 17.2 Å². The monoisotopic (exact) mass is 414 g/mol. The van der Waals surface area contributed by atoms with Crippen LogP contribution in [0.2, 0.25) is 0 Å². The lowest BCUT2D eigenvalue weighted by Gasteiger charge is -2.30. The first-order chi connectivity index (χ1) is 15.1. The van der Waals surface area contributed by atoms with E-state index < -0.39 is 0 Å². The van der Waals surface area contributed by atoms with E-state index in [-0.39, 0.29) is 5.75 Å². The van der Waals surface area contributed by atoms with Gasteiger partial charge in [-0.3, -0.25) is 4.90 Å². The molecule has 0 amide bonds. The second kappa shape index (κ2) is 7.75. The van der Waals surface area contributed by atoms with Crippen molar-refractivity contribution in [2.75, 3.05) is 27.3 Å². The first kappa shape index (κ1) is 19.6. The van der Waals surface area contributed by atoms with Crippen LogP contribution in [0.15, 0.2) is 48.5 Å². The first-order valence-electron chi connectivity index (χ1n) is 10.7. The second-order valence-electron chi connectivity index (χ2n) is 7.95. The molecule has 0 aliphatic carbocycles. The van der Waals surface area contributed by atoms with Gasteiger partial charge in [0.25, 0.3) is 0 Å². The molecule has 0 radical (unpaired) electrons. The Morgan fingerprint density at radius 2 is 1.74 bits per heavy atom. The molecule has 0 saturated heterocycles. The lowest BCUT2D eigenvalue weighted by atomic mass is 9.89. The van der Waals surface area contributed by atoms with Crippen LogP contribution in [-0.4, -0.2) is 42.3 Å². The Kier molecular flexibility index (Phi) is 4.91. The van der Waals surface area contributed by atoms with Gasteiger partial charge in [0.1, 0.15) is 0 Å². The summed E-state index contributed by atoms with van der Waals surface area (Å²) in [6, 6.07) is 16.5. The lowest BCUT2D eigenvalue weighted by molar-refractivity contribution is 0.269. The van der Waals surface area contributed by atoms with E-state index in [1.807, 2.05) is 12.1 Å². The summed E-state index contributed by atoms with van der Waals surface area (Å²) in [6.45, 7) is 5.07. The van der Waals surface area contributed by atoms with Gasteiger partial charge in [0, 0.05) is 24.0 Å². The summed E-state index contributed by atoms with van der Waals surface area (Å²) in [5.41, 5.74) is 5.41. The fraction of sp³-hybridized carbons (Fsp3) is 0.269. The molecule has 31 heavy (non-hydrogen) atoms. The Morgan fingerprint density at radius 3 is 2.45 bits per heavy atom. The standard InChI is InChI=1S/C26H26N2O3/c1-4-28-12-11-19-20(15-28)25(17-13-22(30-2)26(29)23(14-17)31-3)27-21-10-9-16-7-5-6-8-18(16)24(19)21/h5-10,13-14,29H,4,11-12,15H2,1-3H3. The van der Waals surface area contributed by atoms with E-state index >= 15 is 0 Å². The van der Waals surface area contributed by atoms with Crippen molar-refractivity contribution >= 4 is 21.7 Å². The van der Waals surface area contributed by atoms with E-state index in [2.05, 4.69) is 48.2 Å². The molecule has 1 aromatic heterocycles. The van der Waals surface area contributed by atoms with Gasteiger partial charge in [0.05, 0.1) is 25.4 Å². The smallest absolute Gasteiger partial charge is 0.200 e. The number of aromatic nitrogens is 1. The third-order valence-electron chi connectivity index (χ3n) is 6.35. The van der Waals surface area contributed by atoms with Gasteiger partial charge >= 0.3 is 0 Å². The summed E-state index contributed by atoms with van der Waals surface area (Å²) in [6.07, 6.45) is 0.982. The van der Waals surface area contributed by atoms with E-state index in [4.69, 9.17) is 14.5 Å². The van der Waals surface area contributed by atoms with Gasteiger partial charge in [-0.2, -0.15) is 0 Å². The molecule has 158 valence electrons. The highest BCUT2D eigenvalue weighted by molar-refractivity contribution is 6.09. The summed E-state index contributed by atoms with van der Waals surface area (Å²) in [5, 5.41) is 14.1. The number of likely N-dealkylation sites (N-methyl/N-ethyl adjacent to an activating group) is 1. The average molecular weight is 415 g/mol. The van der Waals surface area contributed by atoms with E-state index in [0.29, 0.717) is 11.5 Å². The molecule has 0 saturated carbocycles. The van der Waals surface area contributed by atoms with Crippen molar-refractivity contribution in [3.05, 3.63) is 59.7 Å². The molecule has 0 fully saturated rings. The molecule has 5 rings (SSSR count). The molecule has 1 aliphatic rings. The maximum Gasteiger partial charge on any atom is 0.200 e. The normalized spacial score (nSPS) is 14.0. The Morgan fingerprint density at radius 1 is 1.00 bits per heavy atom. The summed E-state index contributed by atoms with van der Waals surface area (Å²) in [7, 11) is 3.10. The SMILES string of the molecule is CCN1CCc2c(c(-c3cc(OC)c(O)c(OC)c3)nc3ccc4ccccc4c23)C1. The van der Waals surface area contributed by atoms with Crippen molar-refractivity contribution in [1.29, 1.82) is 0 Å². The maximum atomic E-state index is 10.4. The second-order valence-corrected chi connectivity index (χ2v) is 7.95. The summed E-state index contributed by atoms with van der Waals surface area (Å²) in [4.78, 5) is 7.58. The van der Waals surface area contributed by atoms with Crippen molar-refractivity contribution in [2.45, 2.75) is 19.9 Å². The third-order valence-corrected chi connectivity index (χ3v) is 6.35. The van der Waals surface area contributed by atoms with Crippen molar-refractivity contribution in [3.63, 3.8) is 0 Å². The highest BCUT2D eigenvalue weighted by Crippen LogP contribution is 2.43. The zero-order valence-electron chi connectivity index (χ0n) is 18.1. The number of methoxy groups -OCH3 is 2. The zero-order chi connectivity index (χ0) is 21.5. The van der Waals surface area contributed by atoms with Crippen LogP contribution in [0.1, 0.15) is 18.1 Å². The van der Waals surface area contributed by atoms with Crippen LogP contribution in [0.4, 0.5) is 0 Å². The fourth-order valence-corrected chi connectivity index (χ4v) is 4.71. The molecule has 1 N–H and O–H groups in total. The largest absolute Gasteiger partial charge is 0.502 e. The third kappa shape index (κ3) is 3.17. The number of benzene rings is 3. The molecule has 0 bridgehead atoms. The average Bonchev–Trinajstić information content (AvgIpc) is 2.83. The van der Waals surface area contributed by atoms with Gasteiger partial charge in [-0.15, -0.1) is 0 Å². The number of ether oxygens (including phenoxy) is 2. The summed E-state index contributed by atoms with van der Waals surface area (Å²) < 4.78 is 10.8. The number of nitrogens with zero attached hydrogens (tertiary/aromatic N) is 2. The van der Waals surface area contributed by atoms with Crippen LogP contribution >= 0.6 is 0 Å². The van der Waals surface area contributed by atoms with E-state index in [1.165, 1.54) is 27.3 Å². The highest BCUT2D eigenvalue weighted by Gasteiger charge is 2.25. The van der Waals surface area contributed by atoms with Crippen molar-refractivity contribution in [1.82, 2.24) is 9.88 Å². The van der Waals surface area contributed by atoms with Gasteiger partial charge < -0.3 is 14.6 Å². The number of aromatic hydroxyl groups is 1. The van der Waals surface area contributed by atoms with Crippen LogP contribution in [0.3, 0.4) is 0 Å². The number of rotatable bonds is 4. The molecule has 0 unspecified atom stereocenters. The van der Waals surface area contributed by atoms with E-state index in [9.17, 15) is 5.11 Å². The predicted molar refractivity (Wildman–Crippen MR) is 124 cm³/mol. The number of phenols is 1. The van der Waals surface area contributed by atoms with E-state index in [1.54, 1.807) is 14.2 Å². The Labute approximate surface area is 181 Å². The molecule has 2 heterocycles. The van der Waals surface area contributed by atoms with Crippen LogP contribution < -0.4 is 9.47 Å². The van der Waals surface area contributed by atoms with Crippen molar-refractivity contribution < 1.29 is 14.6 Å². The Bertz CT molecular complexity index is 1270.